The van der Waals surface area contributed by atoms with Crippen LogP contribution >= 0.6 is 0 Å². The van der Waals surface area contributed by atoms with Crippen LogP contribution < -0.4 is 5.32 Å². The van der Waals surface area contributed by atoms with E-state index < -0.39 is 0 Å². The first-order chi connectivity index (χ1) is 7.27. The van der Waals surface area contributed by atoms with Gasteiger partial charge in [-0.1, -0.05) is 26.7 Å². The summed E-state index contributed by atoms with van der Waals surface area (Å²) in [6.45, 7) is 10.6. The van der Waals surface area contributed by atoms with Crippen molar-refractivity contribution in [3.8, 4) is 0 Å². The fourth-order valence-corrected chi connectivity index (χ4v) is 2.52. The van der Waals surface area contributed by atoms with Gasteiger partial charge >= 0.3 is 0 Å². The number of nitrogens with one attached hydrogen (secondary N) is 1. The van der Waals surface area contributed by atoms with Crippen LogP contribution in [0.25, 0.3) is 0 Å². The molecule has 2 heteroatoms. The predicted octanol–water partition coefficient (Wildman–Crippen LogP) is 2.64. The Labute approximate surface area is 95.4 Å². The molecule has 1 heterocycles. The van der Waals surface area contributed by atoms with Crippen molar-refractivity contribution < 1.29 is 0 Å². The van der Waals surface area contributed by atoms with E-state index in [0.717, 1.165) is 18.6 Å². The van der Waals surface area contributed by atoms with Crippen LogP contribution in [0.2, 0.25) is 0 Å². The molecule has 1 aliphatic heterocycles. The van der Waals surface area contributed by atoms with Gasteiger partial charge in [-0.2, -0.15) is 0 Å². The van der Waals surface area contributed by atoms with Crippen LogP contribution in [0.4, 0.5) is 0 Å². The van der Waals surface area contributed by atoms with Gasteiger partial charge in [0, 0.05) is 12.1 Å². The van der Waals surface area contributed by atoms with Crippen molar-refractivity contribution in [1.82, 2.24) is 10.2 Å². The Morgan fingerprint density at radius 3 is 2.47 bits per heavy atom. The zero-order chi connectivity index (χ0) is 11.1. The number of nitrogens with zero attached hydrogens (tertiary/aromatic N) is 1. The van der Waals surface area contributed by atoms with Crippen molar-refractivity contribution in [3.05, 3.63) is 0 Å². The van der Waals surface area contributed by atoms with Crippen molar-refractivity contribution in [2.75, 3.05) is 19.6 Å². The lowest BCUT2D eigenvalue weighted by molar-refractivity contribution is 0.145. The minimum Gasteiger partial charge on any atom is -0.314 e. The quantitative estimate of drug-likeness (QED) is 0.728. The fraction of sp³-hybridized carbons (Fsp3) is 1.00. The second kappa shape index (κ2) is 7.24. The van der Waals surface area contributed by atoms with E-state index in [1.54, 1.807) is 0 Å². The summed E-state index contributed by atoms with van der Waals surface area (Å²) in [4.78, 5) is 2.67. The highest BCUT2D eigenvalue weighted by atomic mass is 15.2. The highest BCUT2D eigenvalue weighted by Gasteiger charge is 2.21. The zero-order valence-corrected chi connectivity index (χ0v) is 10.8. The fourth-order valence-electron chi connectivity index (χ4n) is 2.52. The Morgan fingerprint density at radius 2 is 1.93 bits per heavy atom. The van der Waals surface area contributed by atoms with Crippen LogP contribution in [0.15, 0.2) is 0 Å². The molecule has 1 saturated heterocycles. The molecule has 0 amide bonds. The molecule has 1 fully saturated rings. The maximum Gasteiger partial charge on any atom is 0.00912 e. The van der Waals surface area contributed by atoms with Gasteiger partial charge in [-0.15, -0.1) is 0 Å². The lowest BCUT2D eigenvalue weighted by Gasteiger charge is -2.36. The monoisotopic (exact) mass is 212 g/mol. The second-order valence-electron chi connectivity index (χ2n) is 4.86. The van der Waals surface area contributed by atoms with E-state index in [9.17, 15) is 0 Å². The third-order valence-corrected chi connectivity index (χ3v) is 3.62. The van der Waals surface area contributed by atoms with Gasteiger partial charge in [0.2, 0.25) is 0 Å². The Morgan fingerprint density at radius 1 is 1.27 bits per heavy atom. The third kappa shape index (κ3) is 4.52. The molecular formula is C13H28N2. The van der Waals surface area contributed by atoms with Crippen LogP contribution in [-0.4, -0.2) is 36.6 Å². The molecule has 0 saturated carbocycles. The smallest absolute Gasteiger partial charge is 0.00912 e. The van der Waals surface area contributed by atoms with Gasteiger partial charge in [0.15, 0.2) is 0 Å². The van der Waals surface area contributed by atoms with E-state index in [0.29, 0.717) is 0 Å². The van der Waals surface area contributed by atoms with E-state index in [2.05, 4.69) is 31.0 Å². The molecule has 90 valence electrons. The molecule has 0 aromatic rings. The number of likely N-dealkylation sites (tertiary alicyclic amines) is 1. The molecule has 1 unspecified atom stereocenters. The maximum atomic E-state index is 3.56. The van der Waals surface area contributed by atoms with Crippen molar-refractivity contribution in [1.29, 1.82) is 0 Å². The number of hydrogen-bond acceptors (Lipinski definition) is 2. The number of piperidine rings is 1. The molecular weight excluding hydrogens is 184 g/mol. The first-order valence-electron chi connectivity index (χ1n) is 6.75. The molecule has 1 aliphatic rings. The molecule has 1 N–H and O–H groups in total. The molecule has 0 bridgehead atoms. The topological polar surface area (TPSA) is 15.3 Å². The SMILES string of the molecule is CCCCC(C)N1CCC(NCC)CC1. The summed E-state index contributed by atoms with van der Waals surface area (Å²) in [5.74, 6) is 0. The highest BCUT2D eigenvalue weighted by molar-refractivity contribution is 4.79. The van der Waals surface area contributed by atoms with Crippen LogP contribution in [0.5, 0.6) is 0 Å². The normalized spacial score (nSPS) is 21.8. The average molecular weight is 212 g/mol. The summed E-state index contributed by atoms with van der Waals surface area (Å²) in [6.07, 6.45) is 6.77. The van der Waals surface area contributed by atoms with Crippen molar-refractivity contribution in [3.63, 3.8) is 0 Å². The lowest BCUT2D eigenvalue weighted by atomic mass is 10.0. The predicted molar refractivity (Wildman–Crippen MR) is 67.3 cm³/mol. The van der Waals surface area contributed by atoms with E-state index in [1.165, 1.54) is 45.2 Å². The minimum absolute atomic E-state index is 0.782. The summed E-state index contributed by atoms with van der Waals surface area (Å²) in [7, 11) is 0. The van der Waals surface area contributed by atoms with E-state index in [1.807, 2.05) is 0 Å². The van der Waals surface area contributed by atoms with E-state index >= 15 is 0 Å². The van der Waals surface area contributed by atoms with Gasteiger partial charge in [0.1, 0.15) is 0 Å². The summed E-state index contributed by atoms with van der Waals surface area (Å²) in [6, 6.07) is 1.58. The molecule has 0 aliphatic carbocycles. The Hall–Kier alpha value is -0.0800. The highest BCUT2D eigenvalue weighted by Crippen LogP contribution is 2.16. The minimum atomic E-state index is 0.782. The van der Waals surface area contributed by atoms with Crippen molar-refractivity contribution in [2.45, 2.75) is 65.0 Å². The molecule has 15 heavy (non-hydrogen) atoms. The Bertz CT molecular complexity index is 151. The standard InChI is InChI=1S/C13H28N2/c1-4-6-7-12(3)15-10-8-13(9-11-15)14-5-2/h12-14H,4-11H2,1-3H3. The average Bonchev–Trinajstić information content (AvgIpc) is 2.27. The van der Waals surface area contributed by atoms with Crippen LogP contribution in [-0.2, 0) is 0 Å². The first kappa shape index (κ1) is 13.0. The number of hydrogen-bond donors (Lipinski definition) is 1. The molecule has 1 atom stereocenters. The molecule has 0 aromatic carbocycles. The summed E-state index contributed by atoms with van der Waals surface area (Å²) in [5.41, 5.74) is 0. The zero-order valence-electron chi connectivity index (χ0n) is 10.8. The van der Waals surface area contributed by atoms with Gasteiger partial charge in [-0.05, 0) is 45.8 Å². The molecule has 0 aromatic heterocycles. The maximum absolute atomic E-state index is 3.56. The van der Waals surface area contributed by atoms with Gasteiger partial charge in [-0.25, -0.2) is 0 Å². The number of rotatable bonds is 6. The molecule has 0 radical (unpaired) electrons. The largest absolute Gasteiger partial charge is 0.314 e. The summed E-state index contributed by atoms with van der Waals surface area (Å²) >= 11 is 0. The molecule has 0 spiro atoms. The Balaban J connectivity index is 2.18. The van der Waals surface area contributed by atoms with Crippen LogP contribution in [0.3, 0.4) is 0 Å². The molecule has 2 nitrogen and oxygen atoms in total. The molecule has 1 rings (SSSR count). The third-order valence-electron chi connectivity index (χ3n) is 3.62. The first-order valence-corrected chi connectivity index (χ1v) is 6.75. The summed E-state index contributed by atoms with van der Waals surface area (Å²) < 4.78 is 0. The number of unbranched alkanes of at least 4 members (excludes halogenated alkanes) is 1. The van der Waals surface area contributed by atoms with Gasteiger partial charge in [-0.3, -0.25) is 0 Å². The summed E-state index contributed by atoms with van der Waals surface area (Å²) in [5, 5.41) is 3.56. The van der Waals surface area contributed by atoms with E-state index in [4.69, 9.17) is 0 Å². The van der Waals surface area contributed by atoms with Crippen molar-refractivity contribution >= 4 is 0 Å². The van der Waals surface area contributed by atoms with Crippen LogP contribution in [0.1, 0.15) is 52.9 Å². The van der Waals surface area contributed by atoms with Gasteiger partial charge < -0.3 is 10.2 Å². The van der Waals surface area contributed by atoms with Crippen LogP contribution in [0, 0.1) is 0 Å². The van der Waals surface area contributed by atoms with Crippen molar-refractivity contribution in [2.24, 2.45) is 0 Å². The second-order valence-corrected chi connectivity index (χ2v) is 4.86. The lowest BCUT2D eigenvalue weighted by Crippen LogP contribution is -2.45. The van der Waals surface area contributed by atoms with Gasteiger partial charge in [0.25, 0.3) is 0 Å². The van der Waals surface area contributed by atoms with E-state index in [-0.39, 0.29) is 0 Å². The Kier molecular flexibility index (Phi) is 6.26. The van der Waals surface area contributed by atoms with Gasteiger partial charge in [0.05, 0.1) is 0 Å².